The average Bonchev–Trinajstić information content (AvgIpc) is 2.47. The van der Waals surface area contributed by atoms with Crippen LogP contribution in [-0.2, 0) is 0 Å². The van der Waals surface area contributed by atoms with Crippen LogP contribution in [-0.4, -0.2) is 49.8 Å². The van der Waals surface area contributed by atoms with Crippen molar-refractivity contribution in [2.45, 2.75) is 26.9 Å². The van der Waals surface area contributed by atoms with Gasteiger partial charge in [-0.05, 0) is 43.3 Å². The van der Waals surface area contributed by atoms with E-state index in [0.29, 0.717) is 6.54 Å². The molecule has 0 saturated heterocycles. The minimum absolute atomic E-state index is 0.476. The lowest BCUT2D eigenvalue weighted by Crippen LogP contribution is -2.33. The van der Waals surface area contributed by atoms with E-state index in [0.717, 1.165) is 43.1 Å². The van der Waals surface area contributed by atoms with E-state index in [2.05, 4.69) is 24.1 Å². The zero-order valence-corrected chi connectivity index (χ0v) is 13.1. The van der Waals surface area contributed by atoms with Gasteiger partial charge in [0.05, 0.1) is 13.2 Å². The van der Waals surface area contributed by atoms with E-state index in [1.54, 1.807) is 7.11 Å². The van der Waals surface area contributed by atoms with Crippen molar-refractivity contribution in [3.05, 3.63) is 29.3 Å². The topological polar surface area (TPSA) is 44.7 Å². The monoisotopic (exact) mass is 280 g/mol. The molecule has 1 aromatic carbocycles. The highest BCUT2D eigenvalue weighted by Gasteiger charge is 2.09. The van der Waals surface area contributed by atoms with Gasteiger partial charge in [0.2, 0.25) is 0 Å². The molecule has 0 saturated carbocycles. The second kappa shape index (κ2) is 8.95. The zero-order valence-electron chi connectivity index (χ0n) is 13.1. The number of hydrogen-bond acceptors (Lipinski definition) is 4. The number of aliphatic hydroxyl groups excluding tert-OH is 1. The second-order valence-corrected chi connectivity index (χ2v) is 4.98. The molecule has 4 heteroatoms. The molecule has 0 fully saturated rings. The summed E-state index contributed by atoms with van der Waals surface area (Å²) < 4.78 is 5.23. The third-order valence-electron chi connectivity index (χ3n) is 3.64. The predicted octanol–water partition coefficient (Wildman–Crippen LogP) is 1.97. The van der Waals surface area contributed by atoms with E-state index in [9.17, 15) is 5.11 Å². The van der Waals surface area contributed by atoms with Gasteiger partial charge in [-0.1, -0.05) is 19.9 Å². The summed E-state index contributed by atoms with van der Waals surface area (Å²) in [6.45, 7) is 10.9. The summed E-state index contributed by atoms with van der Waals surface area (Å²) in [6.07, 6.45) is -0.476. The van der Waals surface area contributed by atoms with E-state index in [1.165, 1.54) is 0 Å². The first-order valence-corrected chi connectivity index (χ1v) is 7.38. The lowest BCUT2D eigenvalue weighted by Gasteiger charge is -2.19. The van der Waals surface area contributed by atoms with Crippen molar-refractivity contribution in [3.63, 3.8) is 0 Å². The first kappa shape index (κ1) is 17.0. The number of likely N-dealkylation sites (N-methyl/N-ethyl adjacent to an activating group) is 1. The maximum atomic E-state index is 10.2. The van der Waals surface area contributed by atoms with Crippen molar-refractivity contribution in [1.29, 1.82) is 0 Å². The standard InChI is InChI=1S/C16H28N2O2/c1-5-18(6-2)10-9-17-12-15(19)14-7-8-16(20-4)13(3)11-14/h7-8,11,15,17,19H,5-6,9-10,12H2,1-4H3. The number of benzene rings is 1. The van der Waals surface area contributed by atoms with Crippen LogP contribution in [0, 0.1) is 6.92 Å². The summed E-state index contributed by atoms with van der Waals surface area (Å²) in [7, 11) is 1.66. The second-order valence-electron chi connectivity index (χ2n) is 4.98. The Morgan fingerprint density at radius 1 is 1.30 bits per heavy atom. The van der Waals surface area contributed by atoms with E-state index in [4.69, 9.17) is 4.74 Å². The maximum Gasteiger partial charge on any atom is 0.121 e. The molecule has 1 rings (SSSR count). The van der Waals surface area contributed by atoms with Crippen LogP contribution in [0.3, 0.4) is 0 Å². The van der Waals surface area contributed by atoms with Crippen molar-refractivity contribution in [2.75, 3.05) is 39.8 Å². The summed E-state index contributed by atoms with van der Waals surface area (Å²) in [5.74, 6) is 0.857. The number of aryl methyl sites for hydroxylation is 1. The number of rotatable bonds is 9. The average molecular weight is 280 g/mol. The van der Waals surface area contributed by atoms with Gasteiger partial charge in [-0.3, -0.25) is 0 Å². The Hall–Kier alpha value is -1.10. The molecule has 4 nitrogen and oxygen atoms in total. The first-order valence-electron chi connectivity index (χ1n) is 7.38. The zero-order chi connectivity index (χ0) is 15.0. The normalized spacial score (nSPS) is 12.7. The fraction of sp³-hybridized carbons (Fsp3) is 0.625. The minimum Gasteiger partial charge on any atom is -0.496 e. The molecule has 0 radical (unpaired) electrons. The van der Waals surface area contributed by atoms with E-state index >= 15 is 0 Å². The molecule has 1 unspecified atom stereocenters. The van der Waals surface area contributed by atoms with Gasteiger partial charge in [-0.15, -0.1) is 0 Å². The largest absolute Gasteiger partial charge is 0.496 e. The summed E-state index contributed by atoms with van der Waals surface area (Å²) >= 11 is 0. The van der Waals surface area contributed by atoms with Crippen LogP contribution in [0.4, 0.5) is 0 Å². The van der Waals surface area contributed by atoms with Crippen molar-refractivity contribution >= 4 is 0 Å². The van der Waals surface area contributed by atoms with Crippen molar-refractivity contribution < 1.29 is 9.84 Å². The van der Waals surface area contributed by atoms with E-state index in [1.807, 2.05) is 25.1 Å². The van der Waals surface area contributed by atoms with Crippen LogP contribution >= 0.6 is 0 Å². The Balaban J connectivity index is 2.39. The van der Waals surface area contributed by atoms with E-state index < -0.39 is 6.10 Å². The van der Waals surface area contributed by atoms with Gasteiger partial charge in [0.1, 0.15) is 5.75 Å². The van der Waals surface area contributed by atoms with Crippen LogP contribution in [0.1, 0.15) is 31.1 Å². The van der Waals surface area contributed by atoms with Gasteiger partial charge in [0, 0.05) is 19.6 Å². The fourth-order valence-corrected chi connectivity index (χ4v) is 2.24. The number of aliphatic hydroxyl groups is 1. The molecule has 1 atom stereocenters. The van der Waals surface area contributed by atoms with E-state index in [-0.39, 0.29) is 0 Å². The van der Waals surface area contributed by atoms with Gasteiger partial charge in [0.25, 0.3) is 0 Å². The third-order valence-corrected chi connectivity index (χ3v) is 3.64. The molecule has 0 aliphatic carbocycles. The smallest absolute Gasteiger partial charge is 0.121 e. The molecule has 2 N–H and O–H groups in total. The Bertz CT molecular complexity index is 392. The molecular weight excluding hydrogens is 252 g/mol. The highest BCUT2D eigenvalue weighted by Crippen LogP contribution is 2.22. The summed E-state index contributed by atoms with van der Waals surface area (Å²) in [5.41, 5.74) is 1.98. The Morgan fingerprint density at radius 3 is 2.55 bits per heavy atom. The van der Waals surface area contributed by atoms with Crippen LogP contribution < -0.4 is 10.1 Å². The van der Waals surface area contributed by atoms with Gasteiger partial charge >= 0.3 is 0 Å². The number of nitrogens with one attached hydrogen (secondary N) is 1. The molecule has 0 heterocycles. The van der Waals surface area contributed by atoms with Crippen LogP contribution in [0.25, 0.3) is 0 Å². The first-order chi connectivity index (χ1) is 9.62. The number of nitrogens with zero attached hydrogens (tertiary/aromatic N) is 1. The highest BCUT2D eigenvalue weighted by molar-refractivity contribution is 5.37. The Labute approximate surface area is 122 Å². The summed E-state index contributed by atoms with van der Waals surface area (Å²) in [6, 6.07) is 5.81. The molecule has 0 aromatic heterocycles. The lowest BCUT2D eigenvalue weighted by molar-refractivity contribution is 0.172. The minimum atomic E-state index is -0.476. The SMILES string of the molecule is CCN(CC)CCNCC(O)c1ccc(OC)c(C)c1. The van der Waals surface area contributed by atoms with Crippen LogP contribution in [0.2, 0.25) is 0 Å². The lowest BCUT2D eigenvalue weighted by atomic mass is 10.1. The Morgan fingerprint density at radius 2 is 2.00 bits per heavy atom. The molecule has 114 valence electrons. The number of ether oxygens (including phenoxy) is 1. The molecular formula is C16H28N2O2. The molecule has 0 aliphatic rings. The Kier molecular flexibility index (Phi) is 7.59. The molecule has 20 heavy (non-hydrogen) atoms. The molecule has 0 aliphatic heterocycles. The highest BCUT2D eigenvalue weighted by atomic mass is 16.5. The summed E-state index contributed by atoms with van der Waals surface area (Å²) in [5, 5.41) is 13.5. The third kappa shape index (κ3) is 5.12. The van der Waals surface area contributed by atoms with Gasteiger partial charge < -0.3 is 20.1 Å². The van der Waals surface area contributed by atoms with Crippen molar-refractivity contribution in [3.8, 4) is 5.75 Å². The molecule has 1 aromatic rings. The quantitative estimate of drug-likeness (QED) is 0.679. The fourth-order valence-electron chi connectivity index (χ4n) is 2.24. The molecule has 0 bridgehead atoms. The number of hydrogen-bond donors (Lipinski definition) is 2. The van der Waals surface area contributed by atoms with Gasteiger partial charge in [-0.25, -0.2) is 0 Å². The number of methoxy groups -OCH3 is 1. The van der Waals surface area contributed by atoms with Gasteiger partial charge in [0.15, 0.2) is 0 Å². The van der Waals surface area contributed by atoms with Gasteiger partial charge in [-0.2, -0.15) is 0 Å². The van der Waals surface area contributed by atoms with Crippen molar-refractivity contribution in [1.82, 2.24) is 10.2 Å². The summed E-state index contributed by atoms with van der Waals surface area (Å²) in [4.78, 5) is 2.36. The predicted molar refractivity (Wildman–Crippen MR) is 83.3 cm³/mol. The van der Waals surface area contributed by atoms with Crippen LogP contribution in [0.15, 0.2) is 18.2 Å². The van der Waals surface area contributed by atoms with Crippen molar-refractivity contribution in [2.24, 2.45) is 0 Å². The molecule has 0 amide bonds. The van der Waals surface area contributed by atoms with Crippen LogP contribution in [0.5, 0.6) is 5.75 Å². The maximum absolute atomic E-state index is 10.2. The molecule has 0 spiro atoms.